The molecule has 0 spiro atoms. The first-order chi connectivity index (χ1) is 10.6. The summed E-state index contributed by atoms with van der Waals surface area (Å²) in [5.41, 5.74) is 3.15. The third-order valence-electron chi connectivity index (χ3n) is 4.43. The molecule has 1 amide bonds. The number of fused-ring (bicyclic) bond motifs is 3. The van der Waals surface area contributed by atoms with Crippen LogP contribution in [-0.2, 0) is 13.0 Å². The summed E-state index contributed by atoms with van der Waals surface area (Å²) in [6.07, 6.45) is 5.44. The van der Waals surface area contributed by atoms with Gasteiger partial charge >= 0.3 is 0 Å². The van der Waals surface area contributed by atoms with E-state index in [0.717, 1.165) is 54.9 Å². The van der Waals surface area contributed by atoms with E-state index in [4.69, 9.17) is 4.98 Å². The maximum Gasteiger partial charge on any atom is 0.253 e. The van der Waals surface area contributed by atoms with Gasteiger partial charge in [-0.2, -0.15) is 0 Å². The lowest BCUT2D eigenvalue weighted by atomic mass is 10.1. The van der Waals surface area contributed by atoms with Crippen molar-refractivity contribution < 1.29 is 4.79 Å². The first-order valence-corrected chi connectivity index (χ1v) is 8.27. The van der Waals surface area contributed by atoms with Crippen molar-refractivity contribution in [1.29, 1.82) is 0 Å². The Morgan fingerprint density at radius 1 is 1.36 bits per heavy atom. The number of hydrogen-bond donors (Lipinski definition) is 1. The van der Waals surface area contributed by atoms with Crippen molar-refractivity contribution in [2.45, 2.75) is 65.5 Å². The zero-order chi connectivity index (χ0) is 15.7. The van der Waals surface area contributed by atoms with Gasteiger partial charge in [0, 0.05) is 24.7 Å². The molecule has 0 bridgehead atoms. The second-order valence-corrected chi connectivity index (χ2v) is 6.26. The van der Waals surface area contributed by atoms with Crippen molar-refractivity contribution in [2.24, 2.45) is 0 Å². The molecule has 1 atom stereocenters. The van der Waals surface area contributed by atoms with E-state index in [1.54, 1.807) is 0 Å². The predicted molar refractivity (Wildman–Crippen MR) is 87.0 cm³/mol. The summed E-state index contributed by atoms with van der Waals surface area (Å²) in [6.45, 7) is 6.98. The van der Waals surface area contributed by atoms with E-state index >= 15 is 0 Å². The number of nitrogens with zero attached hydrogens (tertiary/aromatic N) is 3. The number of nitrogens with one attached hydrogen (secondary N) is 1. The summed E-state index contributed by atoms with van der Waals surface area (Å²) in [5.74, 6) is 1.03. The summed E-state index contributed by atoms with van der Waals surface area (Å²) in [7, 11) is 0. The first-order valence-electron chi connectivity index (χ1n) is 8.27. The smallest absolute Gasteiger partial charge is 0.253 e. The Bertz CT molecular complexity index is 704. The molecule has 3 heterocycles. The second kappa shape index (κ2) is 6.07. The average Bonchev–Trinajstić information content (AvgIpc) is 2.69. The Kier molecular flexibility index (Phi) is 4.14. The average molecular weight is 300 g/mol. The van der Waals surface area contributed by atoms with Crippen LogP contribution in [0.3, 0.4) is 0 Å². The molecule has 1 N–H and O–H groups in total. The lowest BCUT2D eigenvalue weighted by Crippen LogP contribution is -2.32. The molecular weight excluding hydrogens is 276 g/mol. The van der Waals surface area contributed by atoms with Gasteiger partial charge in [-0.1, -0.05) is 13.3 Å². The Morgan fingerprint density at radius 2 is 2.18 bits per heavy atom. The van der Waals surface area contributed by atoms with Crippen LogP contribution in [0.1, 0.15) is 61.4 Å². The topological polar surface area (TPSA) is 59.8 Å². The molecule has 1 unspecified atom stereocenters. The number of carbonyl (C=O) groups excluding carboxylic acids is 1. The van der Waals surface area contributed by atoms with Crippen LogP contribution in [0.4, 0.5) is 0 Å². The van der Waals surface area contributed by atoms with Crippen molar-refractivity contribution in [2.75, 3.05) is 0 Å². The van der Waals surface area contributed by atoms with E-state index in [0.29, 0.717) is 5.56 Å². The van der Waals surface area contributed by atoms with Crippen LogP contribution in [0.15, 0.2) is 6.07 Å². The second-order valence-electron chi connectivity index (χ2n) is 6.26. The number of rotatable bonds is 3. The Morgan fingerprint density at radius 3 is 2.95 bits per heavy atom. The van der Waals surface area contributed by atoms with Gasteiger partial charge in [0.05, 0.1) is 5.56 Å². The van der Waals surface area contributed by atoms with Gasteiger partial charge in [-0.15, -0.1) is 0 Å². The lowest BCUT2D eigenvalue weighted by Gasteiger charge is -2.12. The zero-order valence-corrected chi connectivity index (χ0v) is 13.6. The minimum atomic E-state index is -0.0434. The van der Waals surface area contributed by atoms with Crippen LogP contribution in [-0.4, -0.2) is 26.5 Å². The van der Waals surface area contributed by atoms with Crippen LogP contribution < -0.4 is 5.32 Å². The predicted octanol–water partition coefficient (Wildman–Crippen LogP) is 2.99. The lowest BCUT2D eigenvalue weighted by molar-refractivity contribution is 0.0940. The number of aryl methyl sites for hydroxylation is 3. The Balaban J connectivity index is 2.09. The third-order valence-corrected chi connectivity index (χ3v) is 4.43. The molecule has 2 aromatic rings. The SMILES string of the molecule is CCC(C)NC(=O)c1cc(C)nc2c1nc1n2CCCCC1. The number of aromatic nitrogens is 3. The van der Waals surface area contributed by atoms with Gasteiger partial charge in [-0.05, 0) is 39.2 Å². The molecule has 0 radical (unpaired) electrons. The van der Waals surface area contributed by atoms with E-state index in [-0.39, 0.29) is 11.9 Å². The molecule has 2 aromatic heterocycles. The largest absolute Gasteiger partial charge is 0.350 e. The highest BCUT2D eigenvalue weighted by Crippen LogP contribution is 2.24. The van der Waals surface area contributed by atoms with Crippen molar-refractivity contribution >= 4 is 17.1 Å². The molecule has 5 heteroatoms. The van der Waals surface area contributed by atoms with Crippen LogP contribution in [0.2, 0.25) is 0 Å². The van der Waals surface area contributed by atoms with Crippen LogP contribution in [0, 0.1) is 6.92 Å². The van der Waals surface area contributed by atoms with Crippen LogP contribution >= 0.6 is 0 Å². The van der Waals surface area contributed by atoms with Gasteiger partial charge in [0.25, 0.3) is 5.91 Å². The zero-order valence-electron chi connectivity index (χ0n) is 13.6. The summed E-state index contributed by atoms with van der Waals surface area (Å²) in [5, 5.41) is 3.04. The number of pyridine rings is 1. The molecule has 0 saturated carbocycles. The van der Waals surface area contributed by atoms with Gasteiger partial charge in [0.1, 0.15) is 11.3 Å². The first kappa shape index (κ1) is 15.0. The van der Waals surface area contributed by atoms with Gasteiger partial charge < -0.3 is 9.88 Å². The Hall–Kier alpha value is -1.91. The maximum absolute atomic E-state index is 12.6. The van der Waals surface area contributed by atoms with Gasteiger partial charge in [-0.3, -0.25) is 4.79 Å². The highest BCUT2D eigenvalue weighted by atomic mass is 16.1. The minimum Gasteiger partial charge on any atom is -0.350 e. The number of amides is 1. The molecule has 5 nitrogen and oxygen atoms in total. The summed E-state index contributed by atoms with van der Waals surface area (Å²) < 4.78 is 2.20. The Labute approximate surface area is 131 Å². The maximum atomic E-state index is 12.6. The summed E-state index contributed by atoms with van der Waals surface area (Å²) in [4.78, 5) is 22.0. The van der Waals surface area contributed by atoms with Crippen molar-refractivity contribution in [3.05, 3.63) is 23.1 Å². The van der Waals surface area contributed by atoms with Gasteiger partial charge in [0.15, 0.2) is 5.65 Å². The van der Waals surface area contributed by atoms with Crippen molar-refractivity contribution in [1.82, 2.24) is 19.9 Å². The molecule has 1 aliphatic rings. The highest BCUT2D eigenvalue weighted by molar-refractivity contribution is 6.04. The fourth-order valence-electron chi connectivity index (χ4n) is 2.99. The molecule has 22 heavy (non-hydrogen) atoms. The molecule has 0 aliphatic carbocycles. The van der Waals surface area contributed by atoms with E-state index < -0.39 is 0 Å². The monoisotopic (exact) mass is 300 g/mol. The number of hydrogen-bond acceptors (Lipinski definition) is 3. The fourth-order valence-corrected chi connectivity index (χ4v) is 2.99. The summed E-state index contributed by atoms with van der Waals surface area (Å²) >= 11 is 0. The summed E-state index contributed by atoms with van der Waals surface area (Å²) in [6, 6.07) is 2.02. The van der Waals surface area contributed by atoms with Crippen LogP contribution in [0.25, 0.3) is 11.2 Å². The third kappa shape index (κ3) is 2.72. The highest BCUT2D eigenvalue weighted by Gasteiger charge is 2.21. The van der Waals surface area contributed by atoms with E-state index in [1.165, 1.54) is 6.42 Å². The van der Waals surface area contributed by atoms with Crippen LogP contribution in [0.5, 0.6) is 0 Å². The molecular formula is C17H24N4O. The number of carbonyl (C=O) groups is 1. The van der Waals surface area contributed by atoms with Gasteiger partial charge in [-0.25, -0.2) is 9.97 Å². The number of imidazole rings is 1. The van der Waals surface area contributed by atoms with Gasteiger partial charge in [0.2, 0.25) is 0 Å². The normalized spacial score (nSPS) is 16.1. The van der Waals surface area contributed by atoms with Crippen molar-refractivity contribution in [3.8, 4) is 0 Å². The minimum absolute atomic E-state index is 0.0434. The molecule has 1 aliphatic heterocycles. The van der Waals surface area contributed by atoms with E-state index in [9.17, 15) is 4.79 Å². The molecule has 0 fully saturated rings. The standard InChI is InChI=1S/C17H24N4O/c1-4-11(2)19-17(22)13-10-12(3)18-16-15(13)20-14-8-6-5-7-9-21(14)16/h10-11H,4-9H2,1-3H3,(H,19,22). The molecule has 3 rings (SSSR count). The van der Waals surface area contributed by atoms with E-state index in [2.05, 4.69) is 21.8 Å². The quantitative estimate of drug-likeness (QED) is 0.948. The van der Waals surface area contributed by atoms with Crippen molar-refractivity contribution in [3.63, 3.8) is 0 Å². The molecule has 0 saturated heterocycles. The molecule has 0 aromatic carbocycles. The molecule has 118 valence electrons. The fraction of sp³-hybridized carbons (Fsp3) is 0.588. The van der Waals surface area contributed by atoms with E-state index in [1.807, 2.05) is 19.9 Å².